The molecule has 6 rings (SSSR count). The Kier molecular flexibility index (Phi) is 10.3. The number of rotatable bonds is 8. The number of amides is 4. The lowest BCUT2D eigenvalue weighted by Gasteiger charge is -2.37. The Bertz CT molecular complexity index is 1690. The van der Waals surface area contributed by atoms with Crippen molar-refractivity contribution in [1.29, 1.82) is 0 Å². The fourth-order valence-electron chi connectivity index (χ4n) is 6.55. The second-order valence-electron chi connectivity index (χ2n) is 13.0. The summed E-state index contributed by atoms with van der Waals surface area (Å²) in [5, 5.41) is 0.531. The van der Waals surface area contributed by atoms with E-state index in [0.29, 0.717) is 48.1 Å². The highest BCUT2D eigenvalue weighted by Crippen LogP contribution is 2.30. The van der Waals surface area contributed by atoms with E-state index in [1.807, 2.05) is 47.4 Å². The van der Waals surface area contributed by atoms with Crippen molar-refractivity contribution in [3.63, 3.8) is 0 Å². The summed E-state index contributed by atoms with van der Waals surface area (Å²) in [6.45, 7) is 9.25. The van der Waals surface area contributed by atoms with Crippen molar-refractivity contribution < 1.29 is 19.2 Å². The molecule has 1 fully saturated rings. The molecule has 0 aliphatic carbocycles. The van der Waals surface area contributed by atoms with Crippen molar-refractivity contribution in [2.24, 2.45) is 0 Å². The summed E-state index contributed by atoms with van der Waals surface area (Å²) < 4.78 is 0. The van der Waals surface area contributed by atoms with Crippen LogP contribution in [0.25, 0.3) is 0 Å². The van der Waals surface area contributed by atoms with Crippen molar-refractivity contribution in [3.8, 4) is 0 Å². The summed E-state index contributed by atoms with van der Waals surface area (Å²) in [6.07, 6.45) is 4.90. The summed E-state index contributed by atoms with van der Waals surface area (Å²) in [4.78, 5) is 63.0. The highest BCUT2D eigenvalue weighted by Gasteiger charge is 2.30. The first-order valence-corrected chi connectivity index (χ1v) is 17.1. The van der Waals surface area contributed by atoms with Crippen LogP contribution in [0, 0.1) is 0 Å². The van der Waals surface area contributed by atoms with Crippen molar-refractivity contribution in [2.75, 3.05) is 50.7 Å². The quantitative estimate of drug-likeness (QED) is 0.315. The number of carbonyl (C=O) groups excluding carboxylic acids is 4. The van der Waals surface area contributed by atoms with Crippen molar-refractivity contribution in [1.82, 2.24) is 19.6 Å². The maximum atomic E-state index is 14.0. The van der Waals surface area contributed by atoms with Crippen LogP contribution in [0.5, 0.6) is 0 Å². The molecule has 9 nitrogen and oxygen atoms in total. The summed E-state index contributed by atoms with van der Waals surface area (Å²) in [6, 6.07) is 20.5. The van der Waals surface area contributed by atoms with Gasteiger partial charge in [0.2, 0.25) is 11.8 Å². The summed E-state index contributed by atoms with van der Waals surface area (Å²) >= 11 is 6.06. The highest BCUT2D eigenvalue weighted by atomic mass is 35.5. The highest BCUT2D eigenvalue weighted by molar-refractivity contribution is 6.30. The zero-order valence-corrected chi connectivity index (χ0v) is 28.4. The standard InChI is InChI=1S/C38H42ClN5O4/c1-27(2)40-19-21-41(22-20-40)35(45)16-8-28-5-11-32-25-43(38(48)31-12-14-33(39)15-13-31)26-36(46)44(34(32)23-28)24-29-6-9-30(10-7-29)37(47)42-17-3-4-18-42/h3-7,9-15,23,27H,8,16-22,24-26H2,1-2H3. The van der Waals surface area contributed by atoms with Gasteiger partial charge >= 0.3 is 0 Å². The lowest BCUT2D eigenvalue weighted by atomic mass is 10.0. The van der Waals surface area contributed by atoms with Gasteiger partial charge in [-0.1, -0.05) is 48.0 Å². The van der Waals surface area contributed by atoms with E-state index in [-0.39, 0.29) is 43.3 Å². The van der Waals surface area contributed by atoms with Crippen LogP contribution >= 0.6 is 11.6 Å². The zero-order valence-electron chi connectivity index (χ0n) is 27.6. The van der Waals surface area contributed by atoms with Gasteiger partial charge in [-0.05, 0) is 79.4 Å². The SMILES string of the molecule is CC(C)N1CCN(C(=O)CCc2ccc3c(c2)N(Cc2ccc(C(=O)N4CC=CC4)cc2)C(=O)CN(C(=O)c2ccc(Cl)cc2)C3)CC1. The molecule has 48 heavy (non-hydrogen) atoms. The average molecular weight is 668 g/mol. The van der Waals surface area contributed by atoms with Crippen LogP contribution in [0.3, 0.4) is 0 Å². The minimum Gasteiger partial charge on any atom is -0.340 e. The molecule has 0 atom stereocenters. The number of nitrogens with zero attached hydrogens (tertiary/aromatic N) is 5. The molecule has 0 bridgehead atoms. The fraction of sp³-hybridized carbons (Fsp3) is 0.368. The van der Waals surface area contributed by atoms with E-state index in [1.54, 1.807) is 51.1 Å². The van der Waals surface area contributed by atoms with Crippen LogP contribution in [0.1, 0.15) is 57.7 Å². The zero-order chi connectivity index (χ0) is 33.8. The molecule has 10 heteroatoms. The minimum absolute atomic E-state index is 0.0277. The molecule has 4 amide bonds. The number of hydrogen-bond acceptors (Lipinski definition) is 5. The van der Waals surface area contributed by atoms with E-state index in [2.05, 4.69) is 18.7 Å². The van der Waals surface area contributed by atoms with Crippen LogP contribution in [0.4, 0.5) is 5.69 Å². The van der Waals surface area contributed by atoms with Crippen molar-refractivity contribution >= 4 is 40.9 Å². The Labute approximate surface area is 287 Å². The van der Waals surface area contributed by atoms with Gasteiger partial charge in [-0.3, -0.25) is 24.1 Å². The molecule has 0 N–H and O–H groups in total. The number of piperazine rings is 1. The number of carbonyl (C=O) groups is 4. The first-order chi connectivity index (χ1) is 23.2. The summed E-state index contributed by atoms with van der Waals surface area (Å²) in [5.41, 5.74) is 4.45. The Morgan fingerprint density at radius 2 is 1.33 bits per heavy atom. The number of hydrogen-bond donors (Lipinski definition) is 0. The summed E-state index contributed by atoms with van der Waals surface area (Å²) in [7, 11) is 0. The van der Waals surface area contributed by atoms with Gasteiger partial charge in [0, 0.05) is 80.1 Å². The van der Waals surface area contributed by atoms with Crippen LogP contribution < -0.4 is 4.90 Å². The van der Waals surface area contributed by atoms with Gasteiger partial charge in [0.25, 0.3) is 11.8 Å². The largest absolute Gasteiger partial charge is 0.340 e. The monoisotopic (exact) mass is 667 g/mol. The lowest BCUT2D eigenvalue weighted by Crippen LogP contribution is -2.50. The van der Waals surface area contributed by atoms with Gasteiger partial charge in [-0.2, -0.15) is 0 Å². The predicted octanol–water partition coefficient (Wildman–Crippen LogP) is 5.03. The lowest BCUT2D eigenvalue weighted by molar-refractivity contribution is -0.133. The number of benzene rings is 3. The smallest absolute Gasteiger partial charge is 0.254 e. The van der Waals surface area contributed by atoms with E-state index in [9.17, 15) is 19.2 Å². The summed E-state index contributed by atoms with van der Waals surface area (Å²) in [5.74, 6) is -0.351. The second kappa shape index (κ2) is 14.7. The third kappa shape index (κ3) is 7.63. The van der Waals surface area contributed by atoms with Gasteiger partial charge in [-0.25, -0.2) is 0 Å². The molecule has 0 saturated carbocycles. The normalized spacial score (nSPS) is 16.8. The topological polar surface area (TPSA) is 84.5 Å². The van der Waals surface area contributed by atoms with E-state index in [1.165, 1.54) is 0 Å². The molecular weight excluding hydrogens is 626 g/mol. The van der Waals surface area contributed by atoms with Crippen molar-refractivity contribution in [2.45, 2.75) is 45.8 Å². The molecule has 1 saturated heterocycles. The van der Waals surface area contributed by atoms with Crippen molar-refractivity contribution in [3.05, 3.63) is 112 Å². The molecular formula is C38H42ClN5O4. The number of fused-ring (bicyclic) bond motifs is 1. The molecule has 0 unspecified atom stereocenters. The first kappa shape index (κ1) is 33.4. The fourth-order valence-corrected chi connectivity index (χ4v) is 6.67. The molecule has 0 radical (unpaired) electrons. The van der Waals surface area contributed by atoms with Gasteiger partial charge in [0.05, 0.1) is 6.54 Å². The average Bonchev–Trinajstić information content (AvgIpc) is 3.61. The number of aryl methyl sites for hydroxylation is 1. The number of anilines is 1. The molecule has 3 aliphatic heterocycles. The Hall–Kier alpha value is -4.47. The Balaban J connectivity index is 1.22. The Morgan fingerprint density at radius 3 is 1.98 bits per heavy atom. The van der Waals surface area contributed by atoms with Crippen LogP contribution in [0.2, 0.25) is 5.02 Å². The maximum absolute atomic E-state index is 14.0. The van der Waals surface area contributed by atoms with Crippen LogP contribution in [-0.2, 0) is 29.1 Å². The van der Waals surface area contributed by atoms with E-state index >= 15 is 0 Å². The molecule has 3 aliphatic rings. The van der Waals surface area contributed by atoms with E-state index in [0.717, 1.165) is 48.6 Å². The second-order valence-corrected chi connectivity index (χ2v) is 13.4. The first-order valence-electron chi connectivity index (χ1n) is 16.7. The third-order valence-corrected chi connectivity index (χ3v) is 9.73. The maximum Gasteiger partial charge on any atom is 0.254 e. The van der Waals surface area contributed by atoms with Crippen LogP contribution in [0.15, 0.2) is 78.9 Å². The molecule has 250 valence electrons. The van der Waals surface area contributed by atoms with Gasteiger partial charge < -0.3 is 19.6 Å². The van der Waals surface area contributed by atoms with Crippen LogP contribution in [-0.4, -0.2) is 95.1 Å². The van der Waals surface area contributed by atoms with Gasteiger partial charge in [0.1, 0.15) is 6.54 Å². The van der Waals surface area contributed by atoms with Gasteiger partial charge in [-0.15, -0.1) is 0 Å². The third-order valence-electron chi connectivity index (χ3n) is 9.48. The van der Waals surface area contributed by atoms with Gasteiger partial charge in [0.15, 0.2) is 0 Å². The predicted molar refractivity (Wildman–Crippen MR) is 187 cm³/mol. The van der Waals surface area contributed by atoms with E-state index in [4.69, 9.17) is 11.6 Å². The molecule has 3 heterocycles. The molecule has 3 aromatic carbocycles. The molecule has 3 aromatic rings. The minimum atomic E-state index is -0.251. The Morgan fingerprint density at radius 1 is 0.729 bits per heavy atom. The number of halogens is 1. The molecule has 0 spiro atoms. The van der Waals surface area contributed by atoms with E-state index < -0.39 is 0 Å². The molecule has 0 aromatic heterocycles.